The van der Waals surface area contributed by atoms with Gasteiger partial charge in [0.15, 0.2) is 0 Å². The highest BCUT2D eigenvalue weighted by Crippen LogP contribution is 2.24. The summed E-state index contributed by atoms with van der Waals surface area (Å²) in [5.74, 6) is 4.85. The van der Waals surface area contributed by atoms with Crippen LogP contribution in [0.5, 0.6) is 0 Å². The number of ether oxygens (including phenoxy) is 1. The van der Waals surface area contributed by atoms with E-state index < -0.39 is 11.7 Å². The van der Waals surface area contributed by atoms with Gasteiger partial charge in [0.1, 0.15) is 6.10 Å². The first-order valence-electron chi connectivity index (χ1n) is 6.61. The van der Waals surface area contributed by atoms with E-state index in [9.17, 15) is 9.90 Å². The van der Waals surface area contributed by atoms with Crippen LogP contribution in [0.2, 0.25) is 0 Å². The number of carbonyl (C=O) groups is 1. The number of carbonyl (C=O) groups excluding carboxylic acids is 1. The lowest BCUT2D eigenvalue weighted by atomic mass is 9.95. The normalized spacial score (nSPS) is 37.7. The maximum Gasteiger partial charge on any atom is 0.263 e. The summed E-state index contributed by atoms with van der Waals surface area (Å²) in [4.78, 5) is 13.6. The minimum absolute atomic E-state index is 0.0706. The molecule has 3 unspecified atom stereocenters. The van der Waals surface area contributed by atoms with E-state index in [-0.39, 0.29) is 12.0 Å². The second-order valence-corrected chi connectivity index (χ2v) is 5.67. The molecule has 4 N–H and O–H groups in total. The van der Waals surface area contributed by atoms with Crippen molar-refractivity contribution < 1.29 is 14.6 Å². The number of amides is 1. The molecule has 0 radical (unpaired) electrons. The van der Waals surface area contributed by atoms with E-state index in [0.717, 1.165) is 38.8 Å². The SMILES string of the molecule is CC1(O)CCCN(CC2CCC(C(=O)NN)O2)C1. The molecule has 2 aliphatic rings. The Morgan fingerprint density at radius 3 is 3.06 bits per heavy atom. The fourth-order valence-electron chi connectivity index (χ4n) is 2.89. The van der Waals surface area contributed by atoms with Gasteiger partial charge < -0.3 is 9.84 Å². The molecule has 0 aromatic carbocycles. The molecule has 2 aliphatic heterocycles. The molecule has 0 aromatic rings. The van der Waals surface area contributed by atoms with Crippen molar-refractivity contribution in [1.82, 2.24) is 10.3 Å². The molecule has 0 saturated carbocycles. The van der Waals surface area contributed by atoms with Crippen molar-refractivity contribution in [3.8, 4) is 0 Å². The highest BCUT2D eigenvalue weighted by atomic mass is 16.5. The lowest BCUT2D eigenvalue weighted by Crippen LogP contribution is -2.48. The van der Waals surface area contributed by atoms with Gasteiger partial charge in [-0.05, 0) is 39.2 Å². The lowest BCUT2D eigenvalue weighted by Gasteiger charge is -2.37. The molecule has 2 rings (SSSR count). The standard InChI is InChI=1S/C12H23N3O3/c1-12(17)5-2-6-15(8-12)7-9-3-4-10(18-9)11(16)14-13/h9-10,17H,2-8,13H2,1H3,(H,14,16). The third kappa shape index (κ3) is 3.41. The summed E-state index contributed by atoms with van der Waals surface area (Å²) in [7, 11) is 0. The first-order chi connectivity index (χ1) is 8.50. The van der Waals surface area contributed by atoms with E-state index in [1.807, 2.05) is 6.92 Å². The van der Waals surface area contributed by atoms with Crippen LogP contribution in [-0.4, -0.2) is 53.4 Å². The topological polar surface area (TPSA) is 87.8 Å². The van der Waals surface area contributed by atoms with Crippen LogP contribution in [0.1, 0.15) is 32.6 Å². The van der Waals surface area contributed by atoms with Crippen molar-refractivity contribution in [2.45, 2.75) is 50.4 Å². The number of β-amino-alcohol motifs (C(OH)–C–C–N with tert-alkyl or cyclic N) is 1. The van der Waals surface area contributed by atoms with Gasteiger partial charge in [0.2, 0.25) is 0 Å². The van der Waals surface area contributed by atoms with Crippen molar-refractivity contribution in [2.75, 3.05) is 19.6 Å². The van der Waals surface area contributed by atoms with Crippen molar-refractivity contribution in [2.24, 2.45) is 5.84 Å². The Morgan fingerprint density at radius 1 is 1.61 bits per heavy atom. The molecule has 0 bridgehead atoms. The average molecular weight is 257 g/mol. The number of nitrogens with zero attached hydrogens (tertiary/aromatic N) is 1. The number of aliphatic hydroxyl groups is 1. The van der Waals surface area contributed by atoms with Gasteiger partial charge in [0.25, 0.3) is 5.91 Å². The third-order valence-corrected chi connectivity index (χ3v) is 3.76. The first kappa shape index (κ1) is 13.7. The van der Waals surface area contributed by atoms with Crippen molar-refractivity contribution >= 4 is 5.91 Å². The van der Waals surface area contributed by atoms with Gasteiger partial charge >= 0.3 is 0 Å². The molecule has 1 amide bonds. The van der Waals surface area contributed by atoms with E-state index in [0.29, 0.717) is 6.54 Å². The fourth-order valence-corrected chi connectivity index (χ4v) is 2.89. The summed E-state index contributed by atoms with van der Waals surface area (Å²) in [6.07, 6.45) is 3.11. The summed E-state index contributed by atoms with van der Waals surface area (Å²) in [5, 5.41) is 10.0. The summed E-state index contributed by atoms with van der Waals surface area (Å²) in [5.41, 5.74) is 1.53. The maximum atomic E-state index is 11.3. The number of hydrogen-bond acceptors (Lipinski definition) is 5. The first-order valence-corrected chi connectivity index (χ1v) is 6.61. The summed E-state index contributed by atoms with van der Waals surface area (Å²) in [6.45, 7) is 4.33. The van der Waals surface area contributed by atoms with Crippen LogP contribution in [0, 0.1) is 0 Å². The Kier molecular flexibility index (Phi) is 4.21. The van der Waals surface area contributed by atoms with Crippen LogP contribution >= 0.6 is 0 Å². The van der Waals surface area contributed by atoms with Crippen molar-refractivity contribution in [1.29, 1.82) is 0 Å². The third-order valence-electron chi connectivity index (χ3n) is 3.76. The van der Waals surface area contributed by atoms with Crippen LogP contribution in [0.4, 0.5) is 0 Å². The molecule has 3 atom stereocenters. The Morgan fingerprint density at radius 2 is 2.39 bits per heavy atom. The van der Waals surface area contributed by atoms with Crippen LogP contribution < -0.4 is 11.3 Å². The minimum atomic E-state index is -0.592. The molecule has 6 nitrogen and oxygen atoms in total. The van der Waals surface area contributed by atoms with Gasteiger partial charge in [-0.3, -0.25) is 15.1 Å². The van der Waals surface area contributed by atoms with E-state index in [1.165, 1.54) is 0 Å². The van der Waals surface area contributed by atoms with E-state index in [2.05, 4.69) is 10.3 Å². The molecule has 18 heavy (non-hydrogen) atoms. The number of likely N-dealkylation sites (tertiary alicyclic amines) is 1. The lowest BCUT2D eigenvalue weighted by molar-refractivity contribution is -0.132. The molecule has 6 heteroatoms. The van der Waals surface area contributed by atoms with Crippen LogP contribution in [-0.2, 0) is 9.53 Å². The largest absolute Gasteiger partial charge is 0.389 e. The Balaban J connectivity index is 1.79. The zero-order valence-electron chi connectivity index (χ0n) is 10.9. The maximum absolute atomic E-state index is 11.3. The molecule has 0 aliphatic carbocycles. The highest BCUT2D eigenvalue weighted by molar-refractivity contribution is 5.80. The number of hydrazine groups is 1. The zero-order chi connectivity index (χ0) is 13.2. The fraction of sp³-hybridized carbons (Fsp3) is 0.917. The van der Waals surface area contributed by atoms with Gasteiger partial charge in [0.05, 0.1) is 11.7 Å². The monoisotopic (exact) mass is 257 g/mol. The van der Waals surface area contributed by atoms with Crippen LogP contribution in [0.3, 0.4) is 0 Å². The molecule has 0 aromatic heterocycles. The Hall–Kier alpha value is -0.690. The number of piperidine rings is 1. The van der Waals surface area contributed by atoms with Crippen LogP contribution in [0.15, 0.2) is 0 Å². The van der Waals surface area contributed by atoms with Gasteiger partial charge in [-0.25, -0.2) is 5.84 Å². The molecule has 104 valence electrons. The average Bonchev–Trinajstić information content (AvgIpc) is 2.75. The second kappa shape index (κ2) is 5.52. The zero-order valence-corrected chi connectivity index (χ0v) is 10.9. The minimum Gasteiger partial charge on any atom is -0.389 e. The Labute approximate surface area is 107 Å². The number of nitrogens with two attached hydrogens (primary N) is 1. The van der Waals surface area contributed by atoms with E-state index >= 15 is 0 Å². The molecule has 2 fully saturated rings. The molecule has 2 saturated heterocycles. The number of hydrogen-bond donors (Lipinski definition) is 3. The summed E-state index contributed by atoms with van der Waals surface area (Å²) in [6, 6.07) is 0. The van der Waals surface area contributed by atoms with Gasteiger partial charge in [-0.2, -0.15) is 0 Å². The van der Waals surface area contributed by atoms with Gasteiger partial charge in [0, 0.05) is 13.1 Å². The predicted molar refractivity (Wildman–Crippen MR) is 66.5 cm³/mol. The smallest absolute Gasteiger partial charge is 0.263 e. The number of nitrogens with one attached hydrogen (secondary N) is 1. The predicted octanol–water partition coefficient (Wildman–Crippen LogP) is -0.629. The van der Waals surface area contributed by atoms with Gasteiger partial charge in [-0.15, -0.1) is 0 Å². The van der Waals surface area contributed by atoms with Crippen molar-refractivity contribution in [3.63, 3.8) is 0 Å². The Bertz CT molecular complexity index is 309. The quantitative estimate of drug-likeness (QED) is 0.356. The van der Waals surface area contributed by atoms with E-state index in [4.69, 9.17) is 10.6 Å². The summed E-state index contributed by atoms with van der Waals surface area (Å²) < 4.78 is 5.67. The van der Waals surface area contributed by atoms with Crippen LogP contribution in [0.25, 0.3) is 0 Å². The molecular formula is C12H23N3O3. The second-order valence-electron chi connectivity index (χ2n) is 5.67. The summed E-state index contributed by atoms with van der Waals surface area (Å²) >= 11 is 0. The molecule has 0 spiro atoms. The van der Waals surface area contributed by atoms with Crippen molar-refractivity contribution in [3.05, 3.63) is 0 Å². The molecule has 2 heterocycles. The molecular weight excluding hydrogens is 234 g/mol. The highest BCUT2D eigenvalue weighted by Gasteiger charge is 2.34. The number of rotatable bonds is 3. The van der Waals surface area contributed by atoms with E-state index in [1.54, 1.807) is 0 Å². The van der Waals surface area contributed by atoms with Gasteiger partial charge in [-0.1, -0.05) is 0 Å².